The zero-order valence-electron chi connectivity index (χ0n) is 22.3. The fourth-order valence-corrected chi connectivity index (χ4v) is 7.06. The van der Waals surface area contributed by atoms with Gasteiger partial charge >= 0.3 is 7.60 Å². The lowest BCUT2D eigenvalue weighted by Crippen LogP contribution is -2.60. The summed E-state index contributed by atoms with van der Waals surface area (Å²) in [6.07, 6.45) is 9.25. The molecule has 34 heavy (non-hydrogen) atoms. The Balaban J connectivity index is 2.21. The number of piperidine rings is 1. The van der Waals surface area contributed by atoms with Gasteiger partial charge in [0.15, 0.2) is 5.16 Å². The summed E-state index contributed by atoms with van der Waals surface area (Å²) in [6, 6.07) is 0.177. The van der Waals surface area contributed by atoms with Crippen LogP contribution in [0.1, 0.15) is 99.8 Å². The molecule has 0 spiro atoms. The predicted molar refractivity (Wildman–Crippen MR) is 142 cm³/mol. The van der Waals surface area contributed by atoms with Crippen molar-refractivity contribution in [3.05, 3.63) is 0 Å². The Labute approximate surface area is 211 Å². The van der Waals surface area contributed by atoms with Gasteiger partial charge in [0, 0.05) is 22.9 Å². The molecule has 0 unspecified atom stereocenters. The van der Waals surface area contributed by atoms with Crippen LogP contribution in [-0.4, -0.2) is 51.0 Å². The van der Waals surface area contributed by atoms with Crippen molar-refractivity contribution < 1.29 is 13.6 Å². The van der Waals surface area contributed by atoms with Gasteiger partial charge in [-0.2, -0.15) is 15.0 Å². The molecular formula is C24H46N5O3PS. The number of thioether (sulfide) groups is 1. The second-order valence-electron chi connectivity index (χ2n) is 10.3. The van der Waals surface area contributed by atoms with Crippen LogP contribution in [0.15, 0.2) is 5.16 Å². The molecular weight excluding hydrogens is 469 g/mol. The SMILES string of the molecule is CCCCCCCCSc1nc(NC2CC(C)(C)NC(C)(C)C2)nc(P(=O)(OCC)OCC)n1. The highest BCUT2D eigenvalue weighted by Gasteiger charge is 2.38. The van der Waals surface area contributed by atoms with Crippen molar-refractivity contribution in [2.24, 2.45) is 0 Å². The lowest BCUT2D eigenvalue weighted by atomic mass is 9.80. The molecule has 0 aliphatic carbocycles. The molecule has 2 rings (SSSR count). The van der Waals surface area contributed by atoms with Crippen LogP contribution < -0.4 is 16.2 Å². The highest BCUT2D eigenvalue weighted by molar-refractivity contribution is 7.99. The first-order chi connectivity index (χ1) is 16.0. The summed E-state index contributed by atoms with van der Waals surface area (Å²) in [4.78, 5) is 13.7. The summed E-state index contributed by atoms with van der Waals surface area (Å²) in [7, 11) is -3.62. The lowest BCUT2D eigenvalue weighted by Gasteiger charge is -2.46. The van der Waals surface area contributed by atoms with Gasteiger partial charge in [-0.1, -0.05) is 50.8 Å². The molecule has 1 aliphatic rings. The van der Waals surface area contributed by atoms with Crippen LogP contribution in [0.4, 0.5) is 5.95 Å². The van der Waals surface area contributed by atoms with Crippen molar-refractivity contribution in [2.45, 2.75) is 122 Å². The topological polar surface area (TPSA) is 98.3 Å². The van der Waals surface area contributed by atoms with E-state index >= 15 is 0 Å². The van der Waals surface area contributed by atoms with Crippen LogP contribution in [0.3, 0.4) is 0 Å². The summed E-state index contributed by atoms with van der Waals surface area (Å²) in [5.74, 6) is 1.35. The van der Waals surface area contributed by atoms with Crippen molar-refractivity contribution in [3.8, 4) is 0 Å². The molecule has 0 aromatic carbocycles. The van der Waals surface area contributed by atoms with Crippen LogP contribution in [0.2, 0.25) is 0 Å². The molecule has 1 aromatic heterocycles. The summed E-state index contributed by atoms with van der Waals surface area (Å²) < 4.78 is 24.5. The number of hydrogen-bond donors (Lipinski definition) is 2. The summed E-state index contributed by atoms with van der Waals surface area (Å²) in [5.41, 5.74) is 0.0549. The largest absolute Gasteiger partial charge is 0.398 e. The Morgan fingerprint density at radius 2 is 1.53 bits per heavy atom. The minimum absolute atomic E-state index is 0.0173. The minimum Gasteiger partial charge on any atom is -0.351 e. The molecule has 0 saturated carbocycles. The number of nitrogens with one attached hydrogen (secondary N) is 2. The Morgan fingerprint density at radius 1 is 0.941 bits per heavy atom. The van der Waals surface area contributed by atoms with Gasteiger partial charge in [-0.15, -0.1) is 0 Å². The molecule has 1 saturated heterocycles. The van der Waals surface area contributed by atoms with Gasteiger partial charge < -0.3 is 19.7 Å². The van der Waals surface area contributed by atoms with Crippen LogP contribution in [-0.2, 0) is 13.6 Å². The maximum absolute atomic E-state index is 13.5. The molecule has 1 fully saturated rings. The van der Waals surface area contributed by atoms with Crippen molar-refractivity contribution in [1.82, 2.24) is 20.3 Å². The van der Waals surface area contributed by atoms with E-state index in [2.05, 4.69) is 60.2 Å². The van der Waals surface area contributed by atoms with E-state index in [0.717, 1.165) is 25.0 Å². The number of hydrogen-bond acceptors (Lipinski definition) is 9. The van der Waals surface area contributed by atoms with Crippen molar-refractivity contribution in [1.29, 1.82) is 0 Å². The molecule has 1 aliphatic heterocycles. The van der Waals surface area contributed by atoms with Crippen LogP contribution in [0.25, 0.3) is 0 Å². The number of anilines is 1. The third kappa shape index (κ3) is 9.73. The third-order valence-electron chi connectivity index (χ3n) is 5.70. The number of unbranched alkanes of at least 4 members (excludes halogenated alkanes) is 5. The second-order valence-corrected chi connectivity index (χ2v) is 13.3. The van der Waals surface area contributed by atoms with Gasteiger partial charge in [0.05, 0.1) is 13.2 Å². The zero-order valence-corrected chi connectivity index (χ0v) is 24.0. The molecule has 0 bridgehead atoms. The number of nitrogens with zero attached hydrogens (tertiary/aromatic N) is 3. The zero-order chi connectivity index (χ0) is 25.2. The Kier molecular flexibility index (Phi) is 11.8. The maximum Gasteiger partial charge on any atom is 0.398 e. The second kappa shape index (κ2) is 13.5. The fraction of sp³-hybridized carbons (Fsp3) is 0.875. The van der Waals surface area contributed by atoms with E-state index in [0.29, 0.717) is 11.1 Å². The van der Waals surface area contributed by atoms with E-state index in [1.807, 2.05) is 0 Å². The molecule has 8 nitrogen and oxygen atoms in total. The van der Waals surface area contributed by atoms with Crippen LogP contribution in [0.5, 0.6) is 0 Å². The fourth-order valence-electron chi connectivity index (χ4n) is 4.74. The molecule has 0 radical (unpaired) electrons. The summed E-state index contributed by atoms with van der Waals surface area (Å²) in [5, 5.41) is 7.77. The van der Waals surface area contributed by atoms with Gasteiger partial charge in [-0.05, 0) is 60.8 Å². The van der Waals surface area contributed by atoms with E-state index < -0.39 is 7.60 Å². The average molecular weight is 516 g/mol. The maximum atomic E-state index is 13.5. The summed E-state index contributed by atoms with van der Waals surface area (Å²) in [6.45, 7) is 15.2. The third-order valence-corrected chi connectivity index (χ3v) is 8.52. The van der Waals surface area contributed by atoms with Crippen molar-refractivity contribution in [3.63, 3.8) is 0 Å². The Hall–Kier alpha value is -0.730. The number of rotatable bonds is 15. The summed E-state index contributed by atoms with van der Waals surface area (Å²) >= 11 is 1.58. The molecule has 1 aromatic rings. The first-order valence-electron chi connectivity index (χ1n) is 12.9. The van der Waals surface area contributed by atoms with Gasteiger partial charge in [-0.3, -0.25) is 4.57 Å². The Morgan fingerprint density at radius 3 is 2.12 bits per heavy atom. The van der Waals surface area contributed by atoms with Gasteiger partial charge in [-0.25, -0.2) is 0 Å². The minimum atomic E-state index is -3.62. The van der Waals surface area contributed by atoms with Gasteiger partial charge in [0.1, 0.15) is 0 Å². The van der Waals surface area contributed by atoms with E-state index in [9.17, 15) is 4.57 Å². The van der Waals surface area contributed by atoms with E-state index in [1.54, 1.807) is 25.6 Å². The van der Waals surface area contributed by atoms with Gasteiger partial charge in [0.2, 0.25) is 11.5 Å². The highest BCUT2D eigenvalue weighted by Crippen LogP contribution is 2.46. The molecule has 196 valence electrons. The van der Waals surface area contributed by atoms with Crippen molar-refractivity contribution >= 4 is 30.9 Å². The molecule has 0 amide bonds. The number of aromatic nitrogens is 3. The monoisotopic (exact) mass is 515 g/mol. The quantitative estimate of drug-likeness (QED) is 0.167. The average Bonchev–Trinajstić information content (AvgIpc) is 2.71. The Bertz CT molecular complexity index is 783. The first kappa shape index (κ1) is 29.5. The van der Waals surface area contributed by atoms with Gasteiger partial charge in [0.25, 0.3) is 0 Å². The van der Waals surface area contributed by atoms with E-state index in [-0.39, 0.29) is 35.9 Å². The highest BCUT2D eigenvalue weighted by atomic mass is 32.2. The molecule has 0 atom stereocenters. The van der Waals surface area contributed by atoms with Crippen LogP contribution in [0, 0.1) is 0 Å². The van der Waals surface area contributed by atoms with E-state index in [1.165, 1.54) is 32.1 Å². The normalized spacial score (nSPS) is 18.2. The first-order valence-corrected chi connectivity index (χ1v) is 15.4. The van der Waals surface area contributed by atoms with Crippen molar-refractivity contribution in [2.75, 3.05) is 24.3 Å². The predicted octanol–water partition coefficient (Wildman–Crippen LogP) is 5.94. The lowest BCUT2D eigenvalue weighted by molar-refractivity contribution is 0.170. The van der Waals surface area contributed by atoms with Crippen LogP contribution >= 0.6 is 19.4 Å². The molecule has 2 heterocycles. The smallest absolute Gasteiger partial charge is 0.351 e. The standard InChI is InChI=1S/C24H46N5O3PS/c1-8-11-12-13-14-15-16-34-22-27-20(25-19-17-23(4,5)29-24(6,7)18-19)26-21(28-22)33(30,31-9-2)32-10-3/h19,29H,8-18H2,1-7H3,(H,25,26,27,28). The molecule has 10 heteroatoms. The van der Waals surface area contributed by atoms with E-state index in [4.69, 9.17) is 9.05 Å². The molecule has 2 N–H and O–H groups in total.